The molecule has 0 unspecified atom stereocenters. The van der Waals surface area contributed by atoms with Crippen LogP contribution in [0.1, 0.15) is 35.1 Å². The van der Waals surface area contributed by atoms with Crippen LogP contribution in [-0.4, -0.2) is 133 Å². The van der Waals surface area contributed by atoms with Crippen molar-refractivity contribution >= 4 is 156 Å². The van der Waals surface area contributed by atoms with Crippen LogP contribution < -0.4 is 9.47 Å². The van der Waals surface area contributed by atoms with Crippen LogP contribution in [0.4, 0.5) is 33.6 Å². The summed E-state index contributed by atoms with van der Waals surface area (Å²) in [7, 11) is -25.2. The summed E-state index contributed by atoms with van der Waals surface area (Å²) in [6.45, 7) is 1.94. The van der Waals surface area contributed by atoms with Crippen molar-refractivity contribution in [3.63, 3.8) is 0 Å². The van der Waals surface area contributed by atoms with E-state index in [0.717, 1.165) is 51.8 Å². The summed E-state index contributed by atoms with van der Waals surface area (Å²) in [6.07, 6.45) is -0.289. The first-order chi connectivity index (χ1) is 39.6. The third-order valence-electron chi connectivity index (χ3n) is 11.7. The highest BCUT2D eigenvalue weighted by atomic mass is 32.2. The van der Waals surface area contributed by atoms with Gasteiger partial charge in [0.2, 0.25) is 11.0 Å². The number of rotatable bonds is 21. The number of fused-ring (bicyclic) bond motifs is 6. The van der Waals surface area contributed by atoms with Gasteiger partial charge in [-0.05, 0) is 79.8 Å². The average molecular weight is 1330 g/mol. The standard InChI is InChI=1S/C45H40N10O19S7.O3S/c1-22-12-32(51-53-39-23(2)29(20-46)43-47-40-34(55(43)44(39)57)15-26(73-3)16-38(40)81(70,71)72)35(74-8-4-10-77(58,59)60)18-30(22)49-52-33-13-25(21-56)31(19-36(33)75-9-5-11-78(61,62)63)50-54-45-48-41-37(80(67,68)69)14-24-6-7-27(79(64,65)66)17-28(24)42(41)76-45;1-4(2)3/h6-7,12-19,56-57H,4-5,8-11,21H2,1-3H3,(H,58,59,60)(H,61,62,63)(H,64,65,66)(H,67,68,69)(H,70,71,72);. The Morgan fingerprint density at radius 1 is 0.718 bits per heavy atom. The summed E-state index contributed by atoms with van der Waals surface area (Å²) in [5.41, 5.74) is -0.924. The van der Waals surface area contributed by atoms with Crippen LogP contribution in [0.5, 0.6) is 17.4 Å². The van der Waals surface area contributed by atoms with E-state index in [4.69, 9.17) is 22.1 Å². The lowest BCUT2D eigenvalue weighted by atomic mass is 10.1. The summed E-state index contributed by atoms with van der Waals surface area (Å²) in [5.74, 6) is -2.11. The minimum atomic E-state index is -4.92. The topological polar surface area (TPSA) is 510 Å². The van der Waals surface area contributed by atoms with Crippen molar-refractivity contribution in [2.24, 2.45) is 30.7 Å². The number of aryl methyl sites for hydroxylation is 1. The zero-order valence-electron chi connectivity index (χ0n) is 43.2. The van der Waals surface area contributed by atoms with Crippen LogP contribution in [0.2, 0.25) is 0 Å². The molecule has 85 heavy (non-hydrogen) atoms. The molecule has 0 atom stereocenters. The number of aromatic nitrogens is 3. The van der Waals surface area contributed by atoms with Gasteiger partial charge in [-0.25, -0.2) is 9.97 Å². The van der Waals surface area contributed by atoms with Gasteiger partial charge in [-0.1, -0.05) is 17.4 Å². The van der Waals surface area contributed by atoms with Gasteiger partial charge in [0.1, 0.15) is 49.6 Å². The first kappa shape index (κ1) is 64.9. The molecule has 0 aliphatic rings. The maximum Gasteiger partial charge on any atom is 0.425 e. The molecule has 450 valence electrons. The number of aliphatic hydroxyl groups is 1. The fourth-order valence-corrected chi connectivity index (χ4v) is 12.9. The average Bonchev–Trinajstić information content (AvgIpc) is 1.70. The number of thiazole rings is 1. The number of aliphatic hydroxyl groups excluding tert-OH is 1. The van der Waals surface area contributed by atoms with Crippen molar-refractivity contribution in [1.82, 2.24) is 14.4 Å². The number of aromatic hydroxyl groups is 1. The monoisotopic (exact) mass is 1330 g/mol. The number of hydrogen-bond donors (Lipinski definition) is 7. The van der Waals surface area contributed by atoms with E-state index in [0.29, 0.717) is 5.56 Å². The normalized spacial score (nSPS) is 12.7. The largest absolute Gasteiger partial charge is 0.497 e. The Morgan fingerprint density at radius 3 is 1.95 bits per heavy atom. The van der Waals surface area contributed by atoms with E-state index < -0.39 is 99.9 Å². The van der Waals surface area contributed by atoms with E-state index in [2.05, 4.69) is 40.7 Å². The summed E-state index contributed by atoms with van der Waals surface area (Å²) in [6, 6.07) is 14.1. The number of hydrogen-bond acceptors (Lipinski definition) is 28. The van der Waals surface area contributed by atoms with Crippen LogP contribution in [0, 0.1) is 25.2 Å². The first-order valence-corrected chi connectivity index (χ1v) is 33.5. The van der Waals surface area contributed by atoms with Crippen molar-refractivity contribution < 1.29 is 97.2 Å². The van der Waals surface area contributed by atoms with E-state index in [1.165, 1.54) is 50.4 Å². The number of nitrogens with zero attached hydrogens (tertiary/aromatic N) is 10. The van der Waals surface area contributed by atoms with Crippen molar-refractivity contribution in [3.8, 4) is 23.4 Å². The minimum Gasteiger partial charge on any atom is -0.497 e. The molecule has 0 saturated carbocycles. The Morgan fingerprint density at radius 2 is 1.34 bits per heavy atom. The summed E-state index contributed by atoms with van der Waals surface area (Å²) < 4.78 is 206. The van der Waals surface area contributed by atoms with Gasteiger partial charge in [-0.15, -0.1) is 50.0 Å². The molecule has 7 N–H and O–H groups in total. The maximum absolute atomic E-state index is 12.5. The molecule has 0 saturated heterocycles. The van der Waals surface area contributed by atoms with E-state index in [1.807, 2.05) is 6.07 Å². The third-order valence-corrected chi connectivity index (χ3v) is 18.0. The third kappa shape index (κ3) is 15.6. The highest BCUT2D eigenvalue weighted by Gasteiger charge is 2.27. The van der Waals surface area contributed by atoms with Gasteiger partial charge in [-0.3, -0.25) is 27.2 Å². The second-order valence-electron chi connectivity index (χ2n) is 17.4. The summed E-state index contributed by atoms with van der Waals surface area (Å²) in [5, 5.41) is 58.3. The van der Waals surface area contributed by atoms with Crippen molar-refractivity contribution in [2.75, 3.05) is 31.0 Å². The van der Waals surface area contributed by atoms with Crippen LogP contribution in [-0.2, 0) is 67.8 Å². The second kappa shape index (κ2) is 25.5. The SMILES string of the molecule is COc1cc(S(=O)(=O)O)c2nc3c(C#N)c(C)c(N=Nc4cc(C)c(N=Nc5cc(CO)c(N=Nc6nc7c(S(=O)(=O)O)cc8ccc(S(=O)(=O)O)cc8c7s6)cc5SCCCS(=O)(=O)O)cc4OCCCS(=O)(=O)O)c(O)n3c2c1.O=S(=O)=O. The number of ether oxygens (including phenoxy) is 2. The van der Waals surface area contributed by atoms with Crippen LogP contribution in [0.25, 0.3) is 37.7 Å². The Kier molecular flexibility index (Phi) is 19.5. The smallest absolute Gasteiger partial charge is 0.425 e. The van der Waals surface area contributed by atoms with Crippen molar-refractivity contribution in [2.45, 2.75) is 52.9 Å². The van der Waals surface area contributed by atoms with Crippen molar-refractivity contribution in [3.05, 3.63) is 82.9 Å². The lowest BCUT2D eigenvalue weighted by Gasteiger charge is -2.12. The molecular formula is C45H40N10O22S8. The quantitative estimate of drug-likeness (QED) is 0.0155. The number of benzene rings is 5. The van der Waals surface area contributed by atoms with Crippen LogP contribution in [0.3, 0.4) is 0 Å². The van der Waals surface area contributed by atoms with E-state index in [1.54, 1.807) is 6.92 Å². The molecule has 3 aromatic heterocycles. The number of pyridine rings is 1. The second-order valence-corrected chi connectivity index (χ2v) is 27.3. The molecule has 0 aliphatic carbocycles. The predicted molar refractivity (Wildman–Crippen MR) is 301 cm³/mol. The van der Waals surface area contributed by atoms with Gasteiger partial charge in [0.25, 0.3) is 50.6 Å². The van der Waals surface area contributed by atoms with Gasteiger partial charge in [-0.2, -0.15) is 52.5 Å². The molecule has 0 spiro atoms. The van der Waals surface area contributed by atoms with Gasteiger partial charge in [0.15, 0.2) is 11.3 Å². The van der Waals surface area contributed by atoms with Gasteiger partial charge < -0.3 is 19.7 Å². The van der Waals surface area contributed by atoms with Gasteiger partial charge in [0, 0.05) is 39.6 Å². The van der Waals surface area contributed by atoms with E-state index in [-0.39, 0.29) is 130 Å². The molecule has 40 heteroatoms. The number of methoxy groups -OCH3 is 1. The Labute approximate surface area is 490 Å². The Bertz CT molecular complexity index is 4910. The molecule has 0 bridgehead atoms. The Hall–Kier alpha value is -7.63. The summed E-state index contributed by atoms with van der Waals surface area (Å²) in [4.78, 5) is 6.88. The fraction of sp³-hybridized carbons (Fsp3) is 0.222. The van der Waals surface area contributed by atoms with E-state index in [9.17, 15) is 80.3 Å². The molecule has 0 fully saturated rings. The lowest BCUT2D eigenvalue weighted by molar-refractivity contribution is 0.282. The van der Waals surface area contributed by atoms with Crippen molar-refractivity contribution in [1.29, 1.82) is 5.26 Å². The van der Waals surface area contributed by atoms with Gasteiger partial charge >= 0.3 is 10.6 Å². The first-order valence-electron chi connectivity index (χ1n) is 23.2. The number of imidazole rings is 1. The minimum absolute atomic E-state index is 0.0147. The summed E-state index contributed by atoms with van der Waals surface area (Å²) >= 11 is 1.77. The Balaban J connectivity index is 0.00000251. The highest BCUT2D eigenvalue weighted by Crippen LogP contribution is 2.45. The number of azo groups is 3. The molecule has 8 rings (SSSR count). The predicted octanol–water partition coefficient (Wildman–Crippen LogP) is 7.95. The highest BCUT2D eigenvalue weighted by molar-refractivity contribution is 7.99. The molecular weight excluding hydrogens is 1290 g/mol. The molecule has 8 aromatic rings. The van der Waals surface area contributed by atoms with Crippen LogP contribution in [0.15, 0.2) is 111 Å². The molecule has 0 aliphatic heterocycles. The molecule has 5 aromatic carbocycles. The van der Waals surface area contributed by atoms with Crippen LogP contribution >= 0.6 is 23.1 Å². The molecule has 3 heterocycles. The lowest BCUT2D eigenvalue weighted by Crippen LogP contribution is -2.08. The number of thioether (sulfide) groups is 1. The molecule has 32 nitrogen and oxygen atoms in total. The van der Waals surface area contributed by atoms with Gasteiger partial charge in [0.05, 0.1) is 64.0 Å². The fourth-order valence-electron chi connectivity index (χ4n) is 7.89. The zero-order valence-corrected chi connectivity index (χ0v) is 49.7. The molecule has 0 radical (unpaired) electrons. The zero-order chi connectivity index (χ0) is 62.7. The molecule has 0 amide bonds. The number of nitriles is 1. The maximum atomic E-state index is 12.5. The van der Waals surface area contributed by atoms with E-state index >= 15 is 0 Å².